The molecule has 1 aliphatic carbocycles. The minimum Gasteiger partial charge on any atom is -0.346 e. The van der Waals surface area contributed by atoms with E-state index in [0.717, 1.165) is 12.1 Å². The van der Waals surface area contributed by atoms with E-state index in [-0.39, 0.29) is 11.9 Å². The molecule has 1 saturated heterocycles. The topological polar surface area (TPSA) is 32.3 Å². The molecule has 2 aliphatic rings. The molecule has 1 unspecified atom stereocenters. The van der Waals surface area contributed by atoms with Crippen LogP contribution in [0.4, 0.5) is 0 Å². The fourth-order valence-corrected chi connectivity index (χ4v) is 4.52. The maximum atomic E-state index is 12.7. The number of hydrogen-bond acceptors (Lipinski definition) is 2. The number of likely N-dealkylation sites (tertiary alicyclic amines) is 1. The van der Waals surface area contributed by atoms with Crippen molar-refractivity contribution in [2.45, 2.75) is 64.5 Å². The highest BCUT2D eigenvalue weighted by Gasteiger charge is 2.15. The molecular weight excluding hydrogens is 344 g/mol. The van der Waals surface area contributed by atoms with Gasteiger partial charge in [0.15, 0.2) is 0 Å². The van der Waals surface area contributed by atoms with Gasteiger partial charge in [-0.3, -0.25) is 9.69 Å². The Hall–Kier alpha value is -2.13. The van der Waals surface area contributed by atoms with Crippen molar-refractivity contribution in [1.82, 2.24) is 10.2 Å². The fourth-order valence-electron chi connectivity index (χ4n) is 4.52. The van der Waals surface area contributed by atoms with Crippen molar-refractivity contribution in [2.75, 3.05) is 13.1 Å². The van der Waals surface area contributed by atoms with E-state index in [1.807, 2.05) is 12.1 Å². The number of hydrogen-bond donors (Lipinski definition) is 1. The third kappa shape index (κ3) is 4.64. The number of piperidine rings is 1. The summed E-state index contributed by atoms with van der Waals surface area (Å²) in [5.41, 5.74) is 6.19. The Bertz CT molecular complexity index is 806. The van der Waals surface area contributed by atoms with Crippen LogP contribution in [0.3, 0.4) is 0 Å². The predicted octanol–water partition coefficient (Wildman–Crippen LogP) is 5.04. The van der Waals surface area contributed by atoms with Crippen LogP contribution in [-0.4, -0.2) is 23.9 Å². The maximum Gasteiger partial charge on any atom is 0.251 e. The normalized spacial score (nSPS) is 18.3. The molecule has 0 radical (unpaired) electrons. The Kier molecular flexibility index (Phi) is 6.11. The summed E-state index contributed by atoms with van der Waals surface area (Å²) < 4.78 is 0. The van der Waals surface area contributed by atoms with Crippen LogP contribution in [-0.2, 0) is 19.4 Å². The highest BCUT2D eigenvalue weighted by molar-refractivity contribution is 5.94. The van der Waals surface area contributed by atoms with E-state index in [1.54, 1.807) is 0 Å². The highest BCUT2D eigenvalue weighted by Crippen LogP contribution is 2.25. The van der Waals surface area contributed by atoms with Gasteiger partial charge in [-0.1, -0.05) is 36.8 Å². The Balaban J connectivity index is 1.36. The summed E-state index contributed by atoms with van der Waals surface area (Å²) in [5, 5.41) is 3.17. The minimum absolute atomic E-state index is 0.00902. The van der Waals surface area contributed by atoms with Crippen molar-refractivity contribution in [3.05, 3.63) is 70.3 Å². The van der Waals surface area contributed by atoms with Crippen LogP contribution in [0.25, 0.3) is 0 Å². The summed E-state index contributed by atoms with van der Waals surface area (Å²) in [6, 6.07) is 14.9. The second-order valence-corrected chi connectivity index (χ2v) is 8.46. The summed E-state index contributed by atoms with van der Waals surface area (Å²) in [4.78, 5) is 15.2. The standard InChI is InChI=1S/C25H32N2O/c1-19(23-14-13-21-7-3-4-8-24(21)17-23)26-25(28)22-11-9-20(10-12-22)18-27-15-5-2-6-16-27/h9-14,17,19H,2-8,15-16,18H2,1H3,(H,26,28). The van der Waals surface area contributed by atoms with Crippen molar-refractivity contribution < 1.29 is 4.79 Å². The molecule has 1 aliphatic heterocycles. The van der Waals surface area contributed by atoms with Gasteiger partial charge in [-0.05, 0) is 92.9 Å². The summed E-state index contributed by atoms with van der Waals surface area (Å²) in [7, 11) is 0. The van der Waals surface area contributed by atoms with Gasteiger partial charge in [-0.25, -0.2) is 0 Å². The molecule has 1 fully saturated rings. The third-order valence-electron chi connectivity index (χ3n) is 6.29. The maximum absolute atomic E-state index is 12.7. The zero-order valence-electron chi connectivity index (χ0n) is 17.0. The van der Waals surface area contributed by atoms with E-state index in [0.29, 0.717) is 0 Å². The average molecular weight is 377 g/mol. The molecule has 0 spiro atoms. The number of amides is 1. The first-order valence-corrected chi connectivity index (χ1v) is 10.9. The summed E-state index contributed by atoms with van der Waals surface area (Å²) >= 11 is 0. The van der Waals surface area contributed by atoms with Crippen molar-refractivity contribution in [3.8, 4) is 0 Å². The van der Waals surface area contributed by atoms with E-state index < -0.39 is 0 Å². The number of nitrogens with one attached hydrogen (secondary N) is 1. The Morgan fingerprint density at radius 3 is 2.39 bits per heavy atom. The largest absolute Gasteiger partial charge is 0.346 e. The number of benzene rings is 2. The molecule has 28 heavy (non-hydrogen) atoms. The molecule has 1 heterocycles. The summed E-state index contributed by atoms with van der Waals surface area (Å²) in [6.07, 6.45) is 8.91. The van der Waals surface area contributed by atoms with Crippen LogP contribution < -0.4 is 5.32 Å². The van der Waals surface area contributed by atoms with Gasteiger partial charge in [-0.15, -0.1) is 0 Å². The summed E-state index contributed by atoms with van der Waals surface area (Å²) in [5.74, 6) is 0.00902. The van der Waals surface area contributed by atoms with E-state index in [4.69, 9.17) is 0 Å². The molecule has 148 valence electrons. The van der Waals surface area contributed by atoms with Crippen LogP contribution in [0.15, 0.2) is 42.5 Å². The molecule has 1 amide bonds. The molecule has 2 aromatic rings. The Morgan fingerprint density at radius 1 is 0.929 bits per heavy atom. The van der Waals surface area contributed by atoms with E-state index >= 15 is 0 Å². The van der Waals surface area contributed by atoms with Gasteiger partial charge in [0, 0.05) is 12.1 Å². The first-order valence-electron chi connectivity index (χ1n) is 10.9. The van der Waals surface area contributed by atoms with Gasteiger partial charge in [0.1, 0.15) is 0 Å². The second-order valence-electron chi connectivity index (χ2n) is 8.46. The number of fused-ring (bicyclic) bond motifs is 1. The van der Waals surface area contributed by atoms with Crippen LogP contribution in [0.5, 0.6) is 0 Å². The molecule has 3 nitrogen and oxygen atoms in total. The minimum atomic E-state index is 0.00902. The quantitative estimate of drug-likeness (QED) is 0.793. The zero-order valence-corrected chi connectivity index (χ0v) is 17.0. The lowest BCUT2D eigenvalue weighted by molar-refractivity contribution is 0.0940. The molecule has 0 saturated carbocycles. The molecular formula is C25H32N2O. The average Bonchev–Trinajstić information content (AvgIpc) is 2.74. The zero-order chi connectivity index (χ0) is 19.3. The SMILES string of the molecule is CC(NC(=O)c1ccc(CN2CCCCC2)cc1)c1ccc2c(c1)CCCC2. The Labute approximate surface area is 169 Å². The molecule has 2 aromatic carbocycles. The van der Waals surface area contributed by atoms with Gasteiger partial charge in [0.05, 0.1) is 6.04 Å². The molecule has 0 bridgehead atoms. The first-order chi connectivity index (χ1) is 13.7. The molecule has 1 atom stereocenters. The number of aryl methyl sites for hydroxylation is 2. The monoisotopic (exact) mass is 376 g/mol. The smallest absolute Gasteiger partial charge is 0.251 e. The lowest BCUT2D eigenvalue weighted by Crippen LogP contribution is -2.29. The van der Waals surface area contributed by atoms with Gasteiger partial charge in [0.25, 0.3) is 5.91 Å². The van der Waals surface area contributed by atoms with Crippen molar-refractivity contribution >= 4 is 5.91 Å². The van der Waals surface area contributed by atoms with Crippen molar-refractivity contribution in [2.24, 2.45) is 0 Å². The predicted molar refractivity (Wildman–Crippen MR) is 115 cm³/mol. The lowest BCUT2D eigenvalue weighted by Gasteiger charge is -2.26. The van der Waals surface area contributed by atoms with Gasteiger partial charge in [0.2, 0.25) is 0 Å². The van der Waals surface area contributed by atoms with E-state index in [2.05, 4.69) is 47.5 Å². The van der Waals surface area contributed by atoms with E-state index in [9.17, 15) is 4.79 Å². The molecule has 1 N–H and O–H groups in total. The molecule has 3 heteroatoms. The van der Waals surface area contributed by atoms with Crippen molar-refractivity contribution in [1.29, 1.82) is 0 Å². The summed E-state index contributed by atoms with van der Waals surface area (Å²) in [6.45, 7) is 5.46. The molecule has 0 aromatic heterocycles. The first kappa shape index (κ1) is 19.2. The van der Waals surface area contributed by atoms with Crippen LogP contribution in [0.2, 0.25) is 0 Å². The Morgan fingerprint density at radius 2 is 1.64 bits per heavy atom. The molecule has 4 rings (SSSR count). The van der Waals surface area contributed by atoms with Gasteiger partial charge < -0.3 is 5.32 Å². The second kappa shape index (κ2) is 8.91. The lowest BCUT2D eigenvalue weighted by atomic mass is 9.89. The number of rotatable bonds is 5. The number of carbonyl (C=O) groups excluding carboxylic acids is 1. The van der Waals surface area contributed by atoms with Gasteiger partial charge in [-0.2, -0.15) is 0 Å². The van der Waals surface area contributed by atoms with E-state index in [1.165, 1.54) is 80.3 Å². The third-order valence-corrected chi connectivity index (χ3v) is 6.29. The number of carbonyl (C=O) groups is 1. The van der Waals surface area contributed by atoms with Crippen LogP contribution in [0.1, 0.15) is 77.7 Å². The fraction of sp³-hybridized carbons (Fsp3) is 0.480. The van der Waals surface area contributed by atoms with Crippen LogP contribution >= 0.6 is 0 Å². The number of nitrogens with zero attached hydrogens (tertiary/aromatic N) is 1. The van der Waals surface area contributed by atoms with Gasteiger partial charge >= 0.3 is 0 Å². The van der Waals surface area contributed by atoms with Crippen LogP contribution in [0, 0.1) is 0 Å². The highest BCUT2D eigenvalue weighted by atomic mass is 16.1. The van der Waals surface area contributed by atoms with Crippen molar-refractivity contribution in [3.63, 3.8) is 0 Å².